The fraction of sp³-hybridized carbons (Fsp3) is 0.652. The van der Waals surface area contributed by atoms with Crippen LogP contribution in [0.1, 0.15) is 58.4 Å². The molecule has 6 heteroatoms. The first-order valence-electron chi connectivity index (χ1n) is 10.8. The minimum absolute atomic E-state index is 0.202. The summed E-state index contributed by atoms with van der Waals surface area (Å²) in [6.45, 7) is 8.09. The van der Waals surface area contributed by atoms with E-state index in [1.54, 1.807) is 4.90 Å². The van der Waals surface area contributed by atoms with Gasteiger partial charge in [0.25, 0.3) is 0 Å². The van der Waals surface area contributed by atoms with Gasteiger partial charge in [-0.15, -0.1) is 0 Å². The molecule has 0 radical (unpaired) electrons. The zero-order valence-electron chi connectivity index (χ0n) is 17.9. The molecule has 29 heavy (non-hydrogen) atoms. The summed E-state index contributed by atoms with van der Waals surface area (Å²) in [5, 5.41) is 0. The number of benzene rings is 1. The summed E-state index contributed by atoms with van der Waals surface area (Å²) in [5.41, 5.74) is 0.524. The van der Waals surface area contributed by atoms with Crippen molar-refractivity contribution >= 4 is 12.2 Å². The second-order valence-electron chi connectivity index (χ2n) is 9.10. The number of piperidine rings is 2. The normalized spacial score (nSPS) is 21.0. The predicted octanol–water partition coefficient (Wildman–Crippen LogP) is 4.82. The van der Waals surface area contributed by atoms with Crippen molar-refractivity contribution in [2.24, 2.45) is 5.92 Å². The fourth-order valence-electron chi connectivity index (χ4n) is 4.27. The van der Waals surface area contributed by atoms with E-state index in [4.69, 9.17) is 9.47 Å². The lowest BCUT2D eigenvalue weighted by Gasteiger charge is -2.43. The number of likely N-dealkylation sites (tertiary alicyclic amines) is 2. The molecule has 2 aliphatic rings. The minimum atomic E-state index is -0.476. The molecule has 1 aromatic carbocycles. The SMILES string of the molecule is CC(C)(C)OC(=O)N1CCC(C2CCCCN2C(=O)OCc2ccccc2)CC1. The Morgan fingerprint density at radius 3 is 2.31 bits per heavy atom. The van der Waals surface area contributed by atoms with E-state index in [-0.39, 0.29) is 18.2 Å². The van der Waals surface area contributed by atoms with Gasteiger partial charge in [0.1, 0.15) is 12.2 Å². The third-order valence-electron chi connectivity index (χ3n) is 5.72. The van der Waals surface area contributed by atoms with Crippen molar-refractivity contribution in [1.82, 2.24) is 9.80 Å². The summed E-state index contributed by atoms with van der Waals surface area (Å²) in [5.74, 6) is 0.401. The van der Waals surface area contributed by atoms with Crippen LogP contribution in [-0.4, -0.2) is 53.3 Å². The van der Waals surface area contributed by atoms with E-state index in [1.807, 2.05) is 56.0 Å². The molecule has 6 nitrogen and oxygen atoms in total. The third kappa shape index (κ3) is 6.12. The van der Waals surface area contributed by atoms with Crippen LogP contribution < -0.4 is 0 Å². The predicted molar refractivity (Wildman–Crippen MR) is 112 cm³/mol. The van der Waals surface area contributed by atoms with Crippen molar-refractivity contribution in [3.8, 4) is 0 Å². The Labute approximate surface area is 174 Å². The maximum atomic E-state index is 12.8. The molecule has 2 amide bonds. The van der Waals surface area contributed by atoms with Crippen LogP contribution >= 0.6 is 0 Å². The summed E-state index contributed by atoms with van der Waals surface area (Å²) in [6, 6.07) is 9.99. The van der Waals surface area contributed by atoms with Crippen molar-refractivity contribution in [2.45, 2.75) is 71.1 Å². The van der Waals surface area contributed by atoms with Gasteiger partial charge in [-0.05, 0) is 64.4 Å². The largest absolute Gasteiger partial charge is 0.445 e. The van der Waals surface area contributed by atoms with Crippen LogP contribution in [0.4, 0.5) is 9.59 Å². The van der Waals surface area contributed by atoms with Gasteiger partial charge in [-0.3, -0.25) is 0 Å². The van der Waals surface area contributed by atoms with Gasteiger partial charge in [0.05, 0.1) is 0 Å². The Balaban J connectivity index is 1.53. The molecule has 0 N–H and O–H groups in total. The first-order valence-corrected chi connectivity index (χ1v) is 10.8. The van der Waals surface area contributed by atoms with Gasteiger partial charge >= 0.3 is 12.2 Å². The molecule has 160 valence electrons. The number of nitrogens with zero attached hydrogens (tertiary/aromatic N) is 2. The number of hydrogen-bond acceptors (Lipinski definition) is 4. The summed E-state index contributed by atoms with van der Waals surface area (Å²) in [7, 11) is 0. The van der Waals surface area contributed by atoms with E-state index in [0.717, 1.165) is 44.2 Å². The van der Waals surface area contributed by atoms with Crippen LogP contribution in [0.5, 0.6) is 0 Å². The van der Waals surface area contributed by atoms with Crippen LogP contribution in [-0.2, 0) is 16.1 Å². The summed E-state index contributed by atoms with van der Waals surface area (Å²) < 4.78 is 11.1. The van der Waals surface area contributed by atoms with Gasteiger partial charge in [0.2, 0.25) is 0 Å². The van der Waals surface area contributed by atoms with Gasteiger partial charge in [-0.2, -0.15) is 0 Å². The summed E-state index contributed by atoms with van der Waals surface area (Å²) >= 11 is 0. The second kappa shape index (κ2) is 9.51. The number of amides is 2. The molecular formula is C23H34N2O4. The number of rotatable bonds is 3. The molecule has 0 aliphatic carbocycles. The van der Waals surface area contributed by atoms with Gasteiger partial charge < -0.3 is 19.3 Å². The molecule has 2 fully saturated rings. The van der Waals surface area contributed by atoms with Crippen LogP contribution in [0.15, 0.2) is 30.3 Å². The minimum Gasteiger partial charge on any atom is -0.445 e. The Kier molecular flexibility index (Phi) is 7.04. The number of hydrogen-bond donors (Lipinski definition) is 0. The molecule has 0 saturated carbocycles. The average molecular weight is 403 g/mol. The highest BCUT2D eigenvalue weighted by Gasteiger charge is 2.37. The van der Waals surface area contributed by atoms with E-state index in [0.29, 0.717) is 25.6 Å². The molecule has 1 atom stereocenters. The van der Waals surface area contributed by atoms with Crippen LogP contribution in [0.25, 0.3) is 0 Å². The topological polar surface area (TPSA) is 59.1 Å². The molecule has 2 heterocycles. The number of ether oxygens (including phenoxy) is 2. The van der Waals surface area contributed by atoms with Crippen LogP contribution in [0.2, 0.25) is 0 Å². The zero-order valence-corrected chi connectivity index (χ0v) is 17.9. The van der Waals surface area contributed by atoms with Gasteiger partial charge in [0.15, 0.2) is 0 Å². The highest BCUT2D eigenvalue weighted by molar-refractivity contribution is 5.69. The van der Waals surface area contributed by atoms with E-state index in [2.05, 4.69) is 0 Å². The second-order valence-corrected chi connectivity index (χ2v) is 9.10. The average Bonchev–Trinajstić information content (AvgIpc) is 2.71. The van der Waals surface area contributed by atoms with Crippen molar-refractivity contribution in [2.75, 3.05) is 19.6 Å². The Morgan fingerprint density at radius 1 is 0.966 bits per heavy atom. The van der Waals surface area contributed by atoms with Crippen LogP contribution in [0.3, 0.4) is 0 Å². The van der Waals surface area contributed by atoms with Crippen molar-refractivity contribution < 1.29 is 19.1 Å². The number of carbonyl (C=O) groups is 2. The first-order chi connectivity index (χ1) is 13.8. The molecule has 0 aromatic heterocycles. The standard InChI is InChI=1S/C23H34N2O4/c1-23(2,3)29-21(26)24-15-12-19(13-16-24)20-11-7-8-14-25(20)22(27)28-17-18-9-5-4-6-10-18/h4-6,9-10,19-20H,7-8,11-17H2,1-3H3. The van der Waals surface area contributed by atoms with Crippen molar-refractivity contribution in [1.29, 1.82) is 0 Å². The Bertz CT molecular complexity index is 678. The van der Waals surface area contributed by atoms with E-state index in [9.17, 15) is 9.59 Å². The lowest BCUT2D eigenvalue weighted by atomic mass is 9.84. The molecule has 2 saturated heterocycles. The molecule has 3 rings (SSSR count). The van der Waals surface area contributed by atoms with Crippen LogP contribution in [0, 0.1) is 5.92 Å². The highest BCUT2D eigenvalue weighted by atomic mass is 16.6. The van der Waals surface area contributed by atoms with E-state index >= 15 is 0 Å². The van der Waals surface area contributed by atoms with Gasteiger partial charge in [-0.1, -0.05) is 30.3 Å². The molecule has 1 unspecified atom stereocenters. The maximum Gasteiger partial charge on any atom is 0.410 e. The van der Waals surface area contributed by atoms with Gasteiger partial charge in [0, 0.05) is 25.7 Å². The molecule has 1 aromatic rings. The first kappa shape index (κ1) is 21.5. The fourth-order valence-corrected chi connectivity index (χ4v) is 4.27. The smallest absolute Gasteiger partial charge is 0.410 e. The lowest BCUT2D eigenvalue weighted by molar-refractivity contribution is 0.00742. The molecule has 0 bridgehead atoms. The van der Waals surface area contributed by atoms with Gasteiger partial charge in [-0.25, -0.2) is 9.59 Å². The van der Waals surface area contributed by atoms with E-state index in [1.165, 1.54) is 0 Å². The molecule has 2 aliphatic heterocycles. The van der Waals surface area contributed by atoms with Crippen molar-refractivity contribution in [3.63, 3.8) is 0 Å². The molecule has 0 spiro atoms. The van der Waals surface area contributed by atoms with E-state index < -0.39 is 5.60 Å². The number of carbonyl (C=O) groups excluding carboxylic acids is 2. The monoisotopic (exact) mass is 402 g/mol. The summed E-state index contributed by atoms with van der Waals surface area (Å²) in [4.78, 5) is 28.8. The maximum absolute atomic E-state index is 12.8. The Morgan fingerprint density at radius 2 is 1.66 bits per heavy atom. The Hall–Kier alpha value is -2.24. The lowest BCUT2D eigenvalue weighted by Crippen LogP contribution is -2.51. The van der Waals surface area contributed by atoms with Crippen molar-refractivity contribution in [3.05, 3.63) is 35.9 Å². The third-order valence-corrected chi connectivity index (χ3v) is 5.72. The zero-order chi connectivity index (χ0) is 20.9. The quantitative estimate of drug-likeness (QED) is 0.727. The highest BCUT2D eigenvalue weighted by Crippen LogP contribution is 2.31. The molecular weight excluding hydrogens is 368 g/mol. The summed E-state index contributed by atoms with van der Waals surface area (Å²) in [6.07, 6.45) is 4.51.